The van der Waals surface area contributed by atoms with Gasteiger partial charge in [0, 0.05) is 6.54 Å². The maximum atomic E-state index is 12.2. The lowest BCUT2D eigenvalue weighted by molar-refractivity contribution is -0.146. The van der Waals surface area contributed by atoms with Crippen molar-refractivity contribution in [3.05, 3.63) is 12.7 Å². The van der Waals surface area contributed by atoms with Crippen LogP contribution in [0.25, 0.3) is 0 Å². The van der Waals surface area contributed by atoms with Gasteiger partial charge in [-0.1, -0.05) is 26.3 Å². The molecule has 0 saturated carbocycles. The van der Waals surface area contributed by atoms with Gasteiger partial charge in [0.15, 0.2) is 0 Å². The Morgan fingerprint density at radius 2 is 2.26 bits per heavy atom. The number of carbonyl (C=O) groups excluding carboxylic acids is 2. The molecule has 0 spiro atoms. The van der Waals surface area contributed by atoms with Gasteiger partial charge in [0.2, 0.25) is 11.8 Å². The van der Waals surface area contributed by atoms with Crippen LogP contribution >= 0.6 is 0 Å². The van der Waals surface area contributed by atoms with Gasteiger partial charge in [-0.3, -0.25) is 9.59 Å². The molecule has 19 heavy (non-hydrogen) atoms. The Bertz CT molecular complexity index is 331. The van der Waals surface area contributed by atoms with Crippen LogP contribution in [0.5, 0.6) is 0 Å². The summed E-state index contributed by atoms with van der Waals surface area (Å²) in [6.45, 7) is 9.27. The number of hydrogen-bond acceptors (Lipinski definition) is 3. The van der Waals surface area contributed by atoms with Crippen molar-refractivity contribution in [2.75, 3.05) is 26.3 Å². The van der Waals surface area contributed by atoms with Crippen molar-refractivity contribution < 1.29 is 14.3 Å². The fraction of sp³-hybridized carbons (Fsp3) is 0.714. The molecule has 0 aromatic rings. The van der Waals surface area contributed by atoms with Gasteiger partial charge in [-0.2, -0.15) is 0 Å². The molecule has 1 N–H and O–H groups in total. The van der Waals surface area contributed by atoms with Gasteiger partial charge >= 0.3 is 0 Å². The van der Waals surface area contributed by atoms with E-state index in [1.165, 1.54) is 0 Å². The van der Waals surface area contributed by atoms with E-state index in [2.05, 4.69) is 11.9 Å². The van der Waals surface area contributed by atoms with E-state index >= 15 is 0 Å². The molecule has 0 radical (unpaired) electrons. The van der Waals surface area contributed by atoms with Crippen molar-refractivity contribution in [1.29, 1.82) is 0 Å². The van der Waals surface area contributed by atoms with E-state index in [9.17, 15) is 9.59 Å². The topological polar surface area (TPSA) is 58.6 Å². The number of rotatable bonds is 8. The van der Waals surface area contributed by atoms with E-state index in [-0.39, 0.29) is 30.3 Å². The van der Waals surface area contributed by atoms with Crippen LogP contribution in [0.3, 0.4) is 0 Å². The lowest BCUT2D eigenvalue weighted by Crippen LogP contribution is -2.60. The van der Waals surface area contributed by atoms with Crippen molar-refractivity contribution in [1.82, 2.24) is 10.2 Å². The minimum absolute atomic E-state index is 0.00118. The zero-order valence-corrected chi connectivity index (χ0v) is 11.9. The van der Waals surface area contributed by atoms with Crippen LogP contribution in [0.1, 0.15) is 26.7 Å². The minimum Gasteiger partial charge on any atom is -0.379 e. The van der Waals surface area contributed by atoms with Gasteiger partial charge < -0.3 is 15.0 Å². The molecule has 0 aromatic carbocycles. The molecule has 1 rings (SSSR count). The normalized spacial score (nSPS) is 21.2. The van der Waals surface area contributed by atoms with Gasteiger partial charge in [-0.15, -0.1) is 6.58 Å². The summed E-state index contributed by atoms with van der Waals surface area (Å²) in [7, 11) is 0. The number of hydrogen-bond donors (Lipinski definition) is 1. The van der Waals surface area contributed by atoms with Crippen molar-refractivity contribution >= 4 is 11.8 Å². The maximum absolute atomic E-state index is 12.2. The first kappa shape index (κ1) is 15.7. The largest absolute Gasteiger partial charge is 0.379 e. The monoisotopic (exact) mass is 268 g/mol. The van der Waals surface area contributed by atoms with Crippen molar-refractivity contribution in [2.24, 2.45) is 5.92 Å². The molecular weight excluding hydrogens is 244 g/mol. The van der Waals surface area contributed by atoms with Crippen LogP contribution in [-0.4, -0.2) is 49.1 Å². The second kappa shape index (κ2) is 7.94. The fourth-order valence-electron chi connectivity index (χ4n) is 1.98. The van der Waals surface area contributed by atoms with Crippen molar-refractivity contribution in [3.63, 3.8) is 0 Å². The summed E-state index contributed by atoms with van der Waals surface area (Å²) >= 11 is 0. The predicted octanol–water partition coefficient (Wildman–Crippen LogP) is 0.952. The van der Waals surface area contributed by atoms with Crippen LogP contribution in [-0.2, 0) is 14.3 Å². The number of nitrogens with one attached hydrogen (secondary N) is 1. The summed E-state index contributed by atoms with van der Waals surface area (Å²) in [5.41, 5.74) is 0. The number of nitrogens with zero attached hydrogens (tertiary/aromatic N) is 1. The van der Waals surface area contributed by atoms with Gasteiger partial charge in [0.1, 0.15) is 6.04 Å². The van der Waals surface area contributed by atoms with Gasteiger partial charge in [-0.25, -0.2) is 0 Å². The highest BCUT2D eigenvalue weighted by atomic mass is 16.5. The van der Waals surface area contributed by atoms with Crippen LogP contribution < -0.4 is 5.32 Å². The second-order valence-corrected chi connectivity index (χ2v) is 4.88. The second-order valence-electron chi connectivity index (χ2n) is 4.88. The molecule has 2 amide bonds. The Balaban J connectivity index is 2.45. The van der Waals surface area contributed by atoms with Crippen molar-refractivity contribution in [3.8, 4) is 0 Å². The molecular formula is C14H24N2O3. The Morgan fingerprint density at radius 3 is 2.89 bits per heavy atom. The molecule has 0 aromatic heterocycles. The van der Waals surface area contributed by atoms with Crippen LogP contribution in [0.4, 0.5) is 0 Å². The maximum Gasteiger partial charge on any atom is 0.245 e. The molecule has 1 aliphatic rings. The zero-order chi connectivity index (χ0) is 14.3. The Kier molecular flexibility index (Phi) is 6.56. The molecule has 0 aliphatic carbocycles. The average Bonchev–Trinajstić information content (AvgIpc) is 2.41. The minimum atomic E-state index is -0.389. The van der Waals surface area contributed by atoms with E-state index in [0.29, 0.717) is 19.8 Å². The smallest absolute Gasteiger partial charge is 0.245 e. The third-order valence-electron chi connectivity index (χ3n) is 3.41. The predicted molar refractivity (Wildman–Crippen MR) is 73.6 cm³/mol. The third kappa shape index (κ3) is 4.67. The van der Waals surface area contributed by atoms with Gasteiger partial charge in [0.25, 0.3) is 0 Å². The number of ether oxygens (including phenoxy) is 1. The summed E-state index contributed by atoms with van der Waals surface area (Å²) in [6, 6.07) is -0.389. The zero-order valence-electron chi connectivity index (χ0n) is 11.9. The van der Waals surface area contributed by atoms with E-state index in [1.54, 1.807) is 11.0 Å². The molecule has 5 nitrogen and oxygen atoms in total. The lowest BCUT2D eigenvalue weighted by atomic mass is 9.96. The Hall–Kier alpha value is -1.36. The van der Waals surface area contributed by atoms with Crippen molar-refractivity contribution in [2.45, 2.75) is 32.7 Å². The molecule has 1 saturated heterocycles. The van der Waals surface area contributed by atoms with E-state index < -0.39 is 0 Å². The Labute approximate surface area is 115 Å². The number of carbonyl (C=O) groups is 2. The first-order chi connectivity index (χ1) is 9.10. The van der Waals surface area contributed by atoms with E-state index in [4.69, 9.17) is 4.74 Å². The highest BCUT2D eigenvalue weighted by Gasteiger charge is 2.34. The average molecular weight is 268 g/mol. The molecule has 2 atom stereocenters. The first-order valence-electron chi connectivity index (χ1n) is 6.87. The lowest BCUT2D eigenvalue weighted by Gasteiger charge is -2.35. The van der Waals surface area contributed by atoms with Gasteiger partial charge in [-0.05, 0) is 12.3 Å². The van der Waals surface area contributed by atoms with Crippen LogP contribution in [0.2, 0.25) is 0 Å². The highest BCUT2D eigenvalue weighted by molar-refractivity contribution is 5.95. The third-order valence-corrected chi connectivity index (χ3v) is 3.41. The summed E-state index contributed by atoms with van der Waals surface area (Å²) in [6.07, 6.45) is 3.45. The quantitative estimate of drug-likeness (QED) is 0.527. The number of amides is 2. The highest BCUT2D eigenvalue weighted by Crippen LogP contribution is 2.14. The standard InChI is InChI=1S/C14H24N2O3/c1-4-6-8-19-9-7-16-10-12(17)15-13(14(16)18)11(3)5-2/h4,11,13H,1,5-10H2,2-3H3,(H,15,17). The summed E-state index contributed by atoms with van der Waals surface area (Å²) in [5.74, 6) is 0.0678. The SMILES string of the molecule is C=CCCOCCN1CC(=O)NC(C(C)CC)C1=O. The van der Waals surface area contributed by atoms with Crippen LogP contribution in [0, 0.1) is 5.92 Å². The summed E-state index contributed by atoms with van der Waals surface area (Å²) < 4.78 is 5.39. The Morgan fingerprint density at radius 1 is 1.53 bits per heavy atom. The first-order valence-corrected chi connectivity index (χ1v) is 6.87. The van der Waals surface area contributed by atoms with E-state index in [1.807, 2.05) is 13.8 Å². The molecule has 1 aliphatic heterocycles. The molecule has 1 fully saturated rings. The van der Waals surface area contributed by atoms with Gasteiger partial charge in [0.05, 0.1) is 19.8 Å². The van der Waals surface area contributed by atoms with Crippen LogP contribution in [0.15, 0.2) is 12.7 Å². The molecule has 0 bridgehead atoms. The number of piperazine rings is 1. The molecule has 108 valence electrons. The summed E-state index contributed by atoms with van der Waals surface area (Å²) in [4.78, 5) is 25.4. The van der Waals surface area contributed by atoms with E-state index in [0.717, 1.165) is 12.8 Å². The summed E-state index contributed by atoms with van der Waals surface area (Å²) in [5, 5.41) is 2.77. The fourth-order valence-corrected chi connectivity index (χ4v) is 1.98. The molecule has 5 heteroatoms. The molecule has 1 heterocycles. The molecule has 2 unspecified atom stereocenters.